The highest BCUT2D eigenvalue weighted by atomic mass is 16.5. The Labute approximate surface area is 201 Å². The van der Waals surface area contributed by atoms with Crippen molar-refractivity contribution in [2.24, 2.45) is 0 Å². The third-order valence-corrected chi connectivity index (χ3v) is 5.70. The number of carbonyl (C=O) groups is 1. The maximum absolute atomic E-state index is 13.0. The van der Waals surface area contributed by atoms with Crippen molar-refractivity contribution in [2.45, 2.75) is 27.4 Å². The fraction of sp³-hybridized carbons (Fsp3) is 0.167. The van der Waals surface area contributed by atoms with E-state index in [0.29, 0.717) is 24.5 Å². The molecule has 4 heteroatoms. The Morgan fingerprint density at radius 1 is 0.765 bits per heavy atom. The van der Waals surface area contributed by atoms with Crippen molar-refractivity contribution in [3.63, 3.8) is 0 Å². The van der Waals surface area contributed by atoms with Crippen molar-refractivity contribution in [1.82, 2.24) is 0 Å². The Hall–Kier alpha value is -4.05. The molecular formula is C30H29NO3. The highest BCUT2D eigenvalue weighted by Crippen LogP contribution is 2.26. The molecule has 0 radical (unpaired) electrons. The number of benzene rings is 4. The van der Waals surface area contributed by atoms with Crippen LogP contribution in [-0.4, -0.2) is 12.5 Å². The minimum absolute atomic E-state index is 0.158. The molecule has 4 nitrogen and oxygen atoms in total. The summed E-state index contributed by atoms with van der Waals surface area (Å²) in [6, 6.07) is 29.7. The van der Waals surface area contributed by atoms with Gasteiger partial charge in [0.1, 0.15) is 18.1 Å². The second kappa shape index (κ2) is 10.7. The van der Waals surface area contributed by atoms with Gasteiger partial charge in [0.25, 0.3) is 5.91 Å². The van der Waals surface area contributed by atoms with Gasteiger partial charge in [0, 0.05) is 16.8 Å². The molecular weight excluding hydrogens is 422 g/mol. The Bertz CT molecular complexity index is 1240. The van der Waals surface area contributed by atoms with Crippen molar-refractivity contribution in [3.8, 4) is 22.6 Å². The van der Waals surface area contributed by atoms with E-state index in [4.69, 9.17) is 9.47 Å². The van der Waals surface area contributed by atoms with E-state index in [2.05, 4.69) is 17.4 Å². The summed E-state index contributed by atoms with van der Waals surface area (Å²) in [4.78, 5) is 13.0. The first-order valence-electron chi connectivity index (χ1n) is 11.5. The summed E-state index contributed by atoms with van der Waals surface area (Å²) in [5.41, 5.74) is 6.58. The van der Waals surface area contributed by atoms with E-state index in [9.17, 15) is 4.79 Å². The maximum Gasteiger partial charge on any atom is 0.255 e. The largest absolute Gasteiger partial charge is 0.493 e. The zero-order valence-corrected chi connectivity index (χ0v) is 19.8. The van der Waals surface area contributed by atoms with Crippen molar-refractivity contribution in [2.75, 3.05) is 11.9 Å². The zero-order chi connectivity index (χ0) is 23.9. The van der Waals surface area contributed by atoms with Crippen molar-refractivity contribution in [3.05, 3.63) is 113 Å². The fourth-order valence-corrected chi connectivity index (χ4v) is 3.86. The number of hydrogen-bond donors (Lipinski definition) is 1. The van der Waals surface area contributed by atoms with E-state index in [0.717, 1.165) is 39.3 Å². The van der Waals surface area contributed by atoms with Crippen LogP contribution in [0.15, 0.2) is 91.0 Å². The Morgan fingerprint density at radius 3 is 2.12 bits per heavy atom. The van der Waals surface area contributed by atoms with Crippen LogP contribution in [0.2, 0.25) is 0 Å². The molecule has 0 aliphatic carbocycles. The molecule has 0 aliphatic rings. The summed E-state index contributed by atoms with van der Waals surface area (Å²) in [5, 5.41) is 3.05. The van der Waals surface area contributed by atoms with Crippen LogP contribution >= 0.6 is 0 Å². The van der Waals surface area contributed by atoms with Crippen molar-refractivity contribution >= 4 is 11.6 Å². The predicted molar refractivity (Wildman–Crippen MR) is 138 cm³/mol. The lowest BCUT2D eigenvalue weighted by atomic mass is 10.1. The van der Waals surface area contributed by atoms with Crippen LogP contribution in [0.4, 0.5) is 5.69 Å². The monoisotopic (exact) mass is 451 g/mol. The number of nitrogens with one attached hydrogen (secondary N) is 1. The van der Waals surface area contributed by atoms with Crippen LogP contribution in [0.5, 0.6) is 11.5 Å². The molecule has 0 aliphatic heterocycles. The number of anilines is 1. The van der Waals surface area contributed by atoms with Gasteiger partial charge < -0.3 is 14.8 Å². The van der Waals surface area contributed by atoms with Crippen molar-refractivity contribution in [1.29, 1.82) is 0 Å². The van der Waals surface area contributed by atoms with Crippen LogP contribution in [0.1, 0.15) is 34.0 Å². The summed E-state index contributed by atoms with van der Waals surface area (Å²) in [6.07, 6.45) is 0. The van der Waals surface area contributed by atoms with Gasteiger partial charge in [0.2, 0.25) is 0 Å². The second-order valence-electron chi connectivity index (χ2n) is 8.16. The first-order valence-corrected chi connectivity index (χ1v) is 11.5. The summed E-state index contributed by atoms with van der Waals surface area (Å²) < 4.78 is 11.8. The lowest BCUT2D eigenvalue weighted by Crippen LogP contribution is -2.14. The van der Waals surface area contributed by atoms with Gasteiger partial charge in [-0.2, -0.15) is 0 Å². The van der Waals surface area contributed by atoms with Crippen LogP contribution in [0.3, 0.4) is 0 Å². The number of para-hydroxylation sites is 1. The van der Waals surface area contributed by atoms with E-state index in [1.54, 1.807) is 6.07 Å². The fourth-order valence-electron chi connectivity index (χ4n) is 3.86. The first kappa shape index (κ1) is 23.1. The molecule has 0 fully saturated rings. The molecule has 1 N–H and O–H groups in total. The standard InChI is InChI=1S/C30H29NO3/c1-4-33-28-18-15-25(30(32)31-29-21(2)9-8-10-22(29)3)19-26(28)20-34-27-16-13-24(14-17-27)23-11-6-5-7-12-23/h5-19H,4,20H2,1-3H3,(H,31,32). The lowest BCUT2D eigenvalue weighted by Gasteiger charge is -2.15. The van der Waals surface area contributed by atoms with Crippen LogP contribution in [0, 0.1) is 13.8 Å². The SMILES string of the molecule is CCOc1ccc(C(=O)Nc2c(C)cccc2C)cc1COc1ccc(-c2ccccc2)cc1. The van der Waals surface area contributed by atoms with Gasteiger partial charge in [-0.1, -0.05) is 60.7 Å². The Balaban J connectivity index is 1.50. The topological polar surface area (TPSA) is 47.6 Å². The van der Waals surface area contributed by atoms with Gasteiger partial charge in [-0.25, -0.2) is 0 Å². The summed E-state index contributed by atoms with van der Waals surface area (Å²) in [6.45, 7) is 6.75. The Morgan fingerprint density at radius 2 is 1.44 bits per heavy atom. The van der Waals surface area contributed by atoms with Gasteiger partial charge in [-0.05, 0) is 73.4 Å². The molecule has 0 spiro atoms. The van der Waals surface area contributed by atoms with E-state index in [-0.39, 0.29) is 5.91 Å². The number of carbonyl (C=O) groups excluding carboxylic acids is 1. The summed E-state index contributed by atoms with van der Waals surface area (Å²) in [7, 11) is 0. The quantitative estimate of drug-likeness (QED) is 0.308. The van der Waals surface area contributed by atoms with E-state index < -0.39 is 0 Å². The first-order chi connectivity index (χ1) is 16.5. The number of rotatable bonds is 8. The zero-order valence-electron chi connectivity index (χ0n) is 19.8. The van der Waals surface area contributed by atoms with Gasteiger partial charge in [0.05, 0.1) is 6.61 Å². The molecule has 0 bridgehead atoms. The maximum atomic E-state index is 13.0. The molecule has 4 rings (SSSR count). The van der Waals surface area contributed by atoms with Crippen LogP contribution < -0.4 is 14.8 Å². The van der Waals surface area contributed by atoms with E-state index in [1.165, 1.54) is 0 Å². The lowest BCUT2D eigenvalue weighted by molar-refractivity contribution is 0.102. The molecule has 0 saturated carbocycles. The third-order valence-electron chi connectivity index (χ3n) is 5.70. The highest BCUT2D eigenvalue weighted by Gasteiger charge is 2.14. The average Bonchev–Trinajstić information content (AvgIpc) is 2.86. The molecule has 0 heterocycles. The normalized spacial score (nSPS) is 10.6. The molecule has 34 heavy (non-hydrogen) atoms. The molecule has 1 amide bonds. The third kappa shape index (κ3) is 5.46. The van der Waals surface area contributed by atoms with Gasteiger partial charge in [-0.3, -0.25) is 4.79 Å². The molecule has 0 aromatic heterocycles. The molecule has 0 atom stereocenters. The van der Waals surface area contributed by atoms with Crippen molar-refractivity contribution < 1.29 is 14.3 Å². The number of hydrogen-bond acceptors (Lipinski definition) is 3. The number of aryl methyl sites for hydroxylation is 2. The number of ether oxygens (including phenoxy) is 2. The molecule has 172 valence electrons. The van der Waals surface area contributed by atoms with Gasteiger partial charge >= 0.3 is 0 Å². The van der Waals surface area contributed by atoms with Crippen LogP contribution in [0.25, 0.3) is 11.1 Å². The Kier molecular flexibility index (Phi) is 7.28. The number of amides is 1. The average molecular weight is 452 g/mol. The van der Waals surface area contributed by atoms with Gasteiger partial charge in [0.15, 0.2) is 0 Å². The van der Waals surface area contributed by atoms with E-state index >= 15 is 0 Å². The molecule has 0 saturated heterocycles. The van der Waals surface area contributed by atoms with Gasteiger partial charge in [-0.15, -0.1) is 0 Å². The summed E-state index contributed by atoms with van der Waals surface area (Å²) >= 11 is 0. The highest BCUT2D eigenvalue weighted by molar-refractivity contribution is 6.05. The molecule has 4 aromatic rings. The molecule has 4 aromatic carbocycles. The van der Waals surface area contributed by atoms with E-state index in [1.807, 2.05) is 93.6 Å². The van der Waals surface area contributed by atoms with Crippen LogP contribution in [-0.2, 0) is 6.61 Å². The minimum Gasteiger partial charge on any atom is -0.493 e. The summed E-state index contributed by atoms with van der Waals surface area (Å²) in [5.74, 6) is 1.31. The molecule has 0 unspecified atom stereocenters. The second-order valence-corrected chi connectivity index (χ2v) is 8.16. The smallest absolute Gasteiger partial charge is 0.255 e. The predicted octanol–water partition coefficient (Wildman–Crippen LogP) is 7.20. The minimum atomic E-state index is -0.158.